The molecule has 0 unspecified atom stereocenters. The van der Waals surface area contributed by atoms with Crippen molar-refractivity contribution in [2.24, 2.45) is 4.99 Å². The Morgan fingerprint density at radius 3 is 2.69 bits per heavy atom. The lowest BCUT2D eigenvalue weighted by atomic mass is 10.2. The molecule has 11 heteroatoms. The van der Waals surface area contributed by atoms with Crippen molar-refractivity contribution >= 4 is 67.5 Å². The van der Waals surface area contributed by atoms with Crippen molar-refractivity contribution in [3.05, 3.63) is 28.2 Å². The molecule has 0 aromatic heterocycles. The van der Waals surface area contributed by atoms with Gasteiger partial charge in [-0.25, -0.2) is 8.42 Å². The zero-order chi connectivity index (χ0) is 19.1. The first kappa shape index (κ1) is 19.5. The summed E-state index contributed by atoms with van der Waals surface area (Å²) in [6.45, 7) is 0. The molecule has 0 aliphatic carbocycles. The highest BCUT2D eigenvalue weighted by atomic mass is 35.5. The third-order valence-corrected chi connectivity index (χ3v) is 8.05. The van der Waals surface area contributed by atoms with Gasteiger partial charge in [-0.05, 0) is 12.1 Å². The summed E-state index contributed by atoms with van der Waals surface area (Å²) in [4.78, 5) is 28.3. The predicted octanol–water partition coefficient (Wildman–Crippen LogP) is 2.46. The number of benzene rings is 1. The SMILES string of the molecule is O=C(O)CCC(=O)N=C1S[C@@H]2CS(=O)(=O)C[C@H]2N1c1cccc(Cl)c1Cl. The van der Waals surface area contributed by atoms with E-state index < -0.39 is 27.8 Å². The van der Waals surface area contributed by atoms with Gasteiger partial charge >= 0.3 is 5.97 Å². The fourth-order valence-corrected chi connectivity index (χ4v) is 7.21. The summed E-state index contributed by atoms with van der Waals surface area (Å²) in [5.41, 5.74) is 0.473. The number of aliphatic imine (C=N–C) groups is 1. The van der Waals surface area contributed by atoms with E-state index in [4.69, 9.17) is 28.3 Å². The fraction of sp³-hybridized carbons (Fsp3) is 0.400. The van der Waals surface area contributed by atoms with Crippen molar-refractivity contribution in [3.8, 4) is 0 Å². The van der Waals surface area contributed by atoms with E-state index in [0.29, 0.717) is 15.9 Å². The number of sulfone groups is 1. The molecule has 0 radical (unpaired) electrons. The second-order valence-corrected chi connectivity index (χ2v) is 10.1. The van der Waals surface area contributed by atoms with Gasteiger partial charge in [-0.1, -0.05) is 41.0 Å². The van der Waals surface area contributed by atoms with Gasteiger partial charge in [0.15, 0.2) is 15.0 Å². The topological polar surface area (TPSA) is 104 Å². The maximum absolute atomic E-state index is 12.0. The van der Waals surface area contributed by atoms with E-state index in [1.807, 2.05) is 0 Å². The van der Waals surface area contributed by atoms with E-state index in [0.717, 1.165) is 0 Å². The third kappa shape index (κ3) is 4.00. The van der Waals surface area contributed by atoms with Crippen LogP contribution in [0.4, 0.5) is 5.69 Å². The average Bonchev–Trinajstić information content (AvgIpc) is 2.99. The van der Waals surface area contributed by atoms with E-state index in [9.17, 15) is 18.0 Å². The van der Waals surface area contributed by atoms with Crippen molar-refractivity contribution in [1.82, 2.24) is 0 Å². The lowest BCUT2D eigenvalue weighted by Gasteiger charge is -2.25. The molecule has 1 amide bonds. The molecule has 0 spiro atoms. The number of carboxylic acids is 1. The third-order valence-electron chi connectivity index (χ3n) is 4.03. The van der Waals surface area contributed by atoms with Gasteiger partial charge in [0.2, 0.25) is 5.91 Å². The monoisotopic (exact) mass is 436 g/mol. The maximum Gasteiger partial charge on any atom is 0.303 e. The molecule has 2 atom stereocenters. The summed E-state index contributed by atoms with van der Waals surface area (Å²) >= 11 is 13.6. The molecule has 0 saturated carbocycles. The van der Waals surface area contributed by atoms with Crippen LogP contribution in [0.1, 0.15) is 12.8 Å². The van der Waals surface area contributed by atoms with Gasteiger partial charge in [-0.2, -0.15) is 4.99 Å². The molecule has 1 aromatic rings. The van der Waals surface area contributed by atoms with Gasteiger partial charge in [-0.15, -0.1) is 0 Å². The molecule has 2 saturated heterocycles. The first-order chi connectivity index (χ1) is 12.2. The van der Waals surface area contributed by atoms with Crippen LogP contribution >= 0.6 is 35.0 Å². The Morgan fingerprint density at radius 1 is 1.27 bits per heavy atom. The van der Waals surface area contributed by atoms with Gasteiger partial charge in [-0.3, -0.25) is 9.59 Å². The predicted molar refractivity (Wildman–Crippen MR) is 102 cm³/mol. The number of hydrogen-bond donors (Lipinski definition) is 1. The number of amidine groups is 1. The highest BCUT2D eigenvalue weighted by molar-refractivity contribution is 8.16. The molecule has 26 heavy (non-hydrogen) atoms. The number of amides is 1. The molecule has 0 bridgehead atoms. The summed E-state index contributed by atoms with van der Waals surface area (Å²) < 4.78 is 24.0. The smallest absolute Gasteiger partial charge is 0.303 e. The Bertz CT molecular complexity index is 903. The molecule has 2 heterocycles. The van der Waals surface area contributed by atoms with Gasteiger partial charge in [0.05, 0.1) is 39.7 Å². The Balaban J connectivity index is 1.97. The number of halogens is 2. The van der Waals surface area contributed by atoms with Gasteiger partial charge in [0.1, 0.15) is 0 Å². The Labute approximate surface area is 164 Å². The number of hydrogen-bond acceptors (Lipinski definition) is 5. The van der Waals surface area contributed by atoms with E-state index in [2.05, 4.69) is 4.99 Å². The van der Waals surface area contributed by atoms with Crippen LogP contribution in [0.15, 0.2) is 23.2 Å². The van der Waals surface area contributed by atoms with Crippen LogP contribution in [0, 0.1) is 0 Å². The van der Waals surface area contributed by atoms with Crippen molar-refractivity contribution in [3.63, 3.8) is 0 Å². The van der Waals surface area contributed by atoms with Gasteiger partial charge in [0, 0.05) is 11.7 Å². The van der Waals surface area contributed by atoms with E-state index in [-0.39, 0.29) is 34.6 Å². The van der Waals surface area contributed by atoms with Gasteiger partial charge < -0.3 is 10.0 Å². The first-order valence-electron chi connectivity index (χ1n) is 7.61. The Morgan fingerprint density at radius 2 is 2.00 bits per heavy atom. The van der Waals surface area contributed by atoms with E-state index in [1.54, 1.807) is 23.1 Å². The fourth-order valence-electron chi connectivity index (χ4n) is 2.90. The number of carboxylic acid groups (broad SMARTS) is 1. The van der Waals surface area contributed by atoms with Gasteiger partial charge in [0.25, 0.3) is 0 Å². The van der Waals surface area contributed by atoms with Crippen molar-refractivity contribution in [1.29, 1.82) is 0 Å². The highest BCUT2D eigenvalue weighted by Gasteiger charge is 2.49. The lowest BCUT2D eigenvalue weighted by molar-refractivity contribution is -0.138. The molecule has 140 valence electrons. The molecule has 7 nitrogen and oxygen atoms in total. The van der Waals surface area contributed by atoms with Crippen LogP contribution in [0.2, 0.25) is 10.0 Å². The van der Waals surface area contributed by atoms with Crippen LogP contribution in [0.3, 0.4) is 0 Å². The Kier molecular flexibility index (Phi) is 5.53. The number of thioether (sulfide) groups is 1. The zero-order valence-corrected chi connectivity index (χ0v) is 16.4. The largest absolute Gasteiger partial charge is 0.481 e. The summed E-state index contributed by atoms with van der Waals surface area (Å²) in [6, 6.07) is 4.55. The number of rotatable bonds is 4. The minimum atomic E-state index is -3.20. The lowest BCUT2D eigenvalue weighted by Crippen LogP contribution is -2.38. The van der Waals surface area contributed by atoms with Crippen LogP contribution < -0.4 is 4.90 Å². The zero-order valence-electron chi connectivity index (χ0n) is 13.3. The number of aliphatic carboxylic acids is 1. The maximum atomic E-state index is 12.0. The highest BCUT2D eigenvalue weighted by Crippen LogP contribution is 2.44. The normalized spacial score (nSPS) is 25.5. The summed E-state index contributed by atoms with van der Waals surface area (Å²) in [6.07, 6.45) is -0.552. The van der Waals surface area contributed by atoms with Crippen molar-refractivity contribution < 1.29 is 23.1 Å². The number of fused-ring (bicyclic) bond motifs is 1. The standard InChI is InChI=1S/C15H14Cl2N2O5S2/c16-8-2-1-3-9(14(8)17)19-10-6-26(23,24)7-11(10)25-15(19)18-12(20)4-5-13(21)22/h1-3,10-11H,4-7H2,(H,21,22)/t10-,11-/m1/s1. The number of anilines is 1. The minimum Gasteiger partial charge on any atom is -0.481 e. The van der Waals surface area contributed by atoms with E-state index >= 15 is 0 Å². The molecule has 2 fully saturated rings. The minimum absolute atomic E-state index is 0.0145. The Hall–Kier alpha value is -1.29. The molecule has 3 rings (SSSR count). The molecular formula is C15H14Cl2N2O5S2. The number of carbonyl (C=O) groups excluding carboxylic acids is 1. The van der Waals surface area contributed by atoms with E-state index in [1.165, 1.54) is 11.8 Å². The van der Waals surface area contributed by atoms with Crippen LogP contribution in [-0.2, 0) is 19.4 Å². The second-order valence-electron chi connectivity index (χ2n) is 5.93. The molecule has 2 aliphatic rings. The summed E-state index contributed by atoms with van der Waals surface area (Å²) in [5.74, 6) is -1.76. The van der Waals surface area contributed by atoms with Crippen LogP contribution in [0.25, 0.3) is 0 Å². The quantitative estimate of drug-likeness (QED) is 0.772. The molecule has 2 aliphatic heterocycles. The average molecular weight is 437 g/mol. The second kappa shape index (κ2) is 7.38. The van der Waals surface area contributed by atoms with Crippen molar-refractivity contribution in [2.45, 2.75) is 24.1 Å². The molecular weight excluding hydrogens is 423 g/mol. The van der Waals surface area contributed by atoms with Crippen molar-refractivity contribution in [2.75, 3.05) is 16.4 Å². The summed E-state index contributed by atoms with van der Waals surface area (Å²) in [5, 5.41) is 9.27. The number of nitrogens with zero attached hydrogens (tertiary/aromatic N) is 2. The molecule has 1 aromatic carbocycles. The number of carbonyl (C=O) groups is 2. The van der Waals surface area contributed by atoms with Crippen LogP contribution in [0.5, 0.6) is 0 Å². The summed E-state index contributed by atoms with van der Waals surface area (Å²) in [7, 11) is -3.20. The first-order valence-corrected chi connectivity index (χ1v) is 11.1. The molecule has 1 N–H and O–H groups in total. The van der Waals surface area contributed by atoms with Crippen LogP contribution in [-0.4, -0.2) is 53.4 Å².